The monoisotopic (exact) mass is 228 g/mol. The highest BCUT2D eigenvalue weighted by atomic mass is 16.6. The maximum Gasteiger partial charge on any atom is 0.410 e. The zero-order valence-corrected chi connectivity index (χ0v) is 9.27. The molecule has 0 aromatic carbocycles. The summed E-state index contributed by atoms with van der Waals surface area (Å²) in [5, 5.41) is 2.72. The van der Waals surface area contributed by atoms with Crippen LogP contribution in [0.2, 0.25) is 0 Å². The van der Waals surface area contributed by atoms with E-state index in [-0.39, 0.29) is 25.1 Å². The Kier molecular flexibility index (Phi) is 4.78. The number of hydrogen-bond acceptors (Lipinski definition) is 4. The summed E-state index contributed by atoms with van der Waals surface area (Å²) in [4.78, 5) is 24.1. The summed E-state index contributed by atoms with van der Waals surface area (Å²) >= 11 is 0. The highest BCUT2D eigenvalue weighted by molar-refractivity contribution is 5.83. The summed E-state index contributed by atoms with van der Waals surface area (Å²) in [5.41, 5.74) is 0. The lowest BCUT2D eigenvalue weighted by atomic mass is 10.2. The molecule has 0 unspecified atom stereocenters. The molecule has 1 fully saturated rings. The third-order valence-electron chi connectivity index (χ3n) is 2.09. The number of carbonyl (C=O) groups is 2. The Morgan fingerprint density at radius 2 is 2.50 bits per heavy atom. The third kappa shape index (κ3) is 3.54. The van der Waals surface area contributed by atoms with E-state index in [4.69, 9.17) is 9.47 Å². The number of piperazine rings is 1. The molecule has 16 heavy (non-hydrogen) atoms. The molecule has 0 aromatic heterocycles. The van der Waals surface area contributed by atoms with E-state index < -0.39 is 6.09 Å². The van der Waals surface area contributed by atoms with Crippen molar-refractivity contribution in [3.05, 3.63) is 12.7 Å². The minimum atomic E-state index is -0.504. The molecule has 0 radical (unpaired) electrons. The van der Waals surface area contributed by atoms with Crippen molar-refractivity contribution in [1.82, 2.24) is 10.2 Å². The molecule has 6 nitrogen and oxygen atoms in total. The van der Waals surface area contributed by atoms with Crippen molar-refractivity contribution in [3.8, 4) is 0 Å². The first-order valence-corrected chi connectivity index (χ1v) is 4.98. The van der Waals surface area contributed by atoms with Crippen LogP contribution in [-0.4, -0.2) is 56.4 Å². The van der Waals surface area contributed by atoms with Crippen LogP contribution < -0.4 is 5.32 Å². The summed E-state index contributed by atoms with van der Waals surface area (Å²) in [7, 11) is 1.54. The van der Waals surface area contributed by atoms with Crippen LogP contribution >= 0.6 is 0 Å². The molecule has 0 aliphatic carbocycles. The van der Waals surface area contributed by atoms with Gasteiger partial charge in [0.05, 0.1) is 12.6 Å². The van der Waals surface area contributed by atoms with Gasteiger partial charge in [-0.25, -0.2) is 4.79 Å². The van der Waals surface area contributed by atoms with Gasteiger partial charge in [0.2, 0.25) is 5.91 Å². The fourth-order valence-electron chi connectivity index (χ4n) is 1.48. The van der Waals surface area contributed by atoms with Gasteiger partial charge in [0.15, 0.2) is 0 Å². The maximum atomic E-state index is 11.5. The summed E-state index contributed by atoms with van der Waals surface area (Å²) in [6.07, 6.45) is 0.977. The van der Waals surface area contributed by atoms with Gasteiger partial charge in [-0.15, -0.1) is 0 Å². The van der Waals surface area contributed by atoms with Crippen LogP contribution in [0.1, 0.15) is 0 Å². The molecular formula is C10H16N2O4. The molecule has 6 heteroatoms. The lowest BCUT2D eigenvalue weighted by Gasteiger charge is -2.31. The van der Waals surface area contributed by atoms with E-state index in [1.807, 2.05) is 0 Å². The normalized spacial score (nSPS) is 20.2. The van der Waals surface area contributed by atoms with Crippen LogP contribution in [0.3, 0.4) is 0 Å². The minimum Gasteiger partial charge on any atom is -0.445 e. The number of carbonyl (C=O) groups excluding carboxylic acids is 2. The molecule has 0 spiro atoms. The van der Waals surface area contributed by atoms with Gasteiger partial charge in [-0.05, 0) is 0 Å². The van der Waals surface area contributed by atoms with Gasteiger partial charge in [-0.2, -0.15) is 0 Å². The molecule has 0 aromatic rings. The number of nitrogens with one attached hydrogen (secondary N) is 1. The SMILES string of the molecule is C=CCOC(=O)N1CC(=O)N[C@H](COC)C1. The quantitative estimate of drug-likeness (QED) is 0.674. The summed E-state index contributed by atoms with van der Waals surface area (Å²) in [5.74, 6) is -0.205. The van der Waals surface area contributed by atoms with Gasteiger partial charge < -0.3 is 14.8 Å². The predicted molar refractivity (Wildman–Crippen MR) is 56.9 cm³/mol. The molecule has 0 saturated carbocycles. The molecule has 1 atom stereocenters. The molecule has 1 heterocycles. The van der Waals surface area contributed by atoms with Gasteiger partial charge in [0.25, 0.3) is 0 Å². The molecule has 0 bridgehead atoms. The number of nitrogens with zero attached hydrogens (tertiary/aromatic N) is 1. The fraction of sp³-hybridized carbons (Fsp3) is 0.600. The third-order valence-corrected chi connectivity index (χ3v) is 2.09. The smallest absolute Gasteiger partial charge is 0.410 e. The van der Waals surface area contributed by atoms with Crippen molar-refractivity contribution in [1.29, 1.82) is 0 Å². The van der Waals surface area contributed by atoms with Gasteiger partial charge in [-0.1, -0.05) is 12.7 Å². The minimum absolute atomic E-state index is 0.0240. The molecule has 90 valence electrons. The van der Waals surface area contributed by atoms with Crippen LogP contribution in [0.15, 0.2) is 12.7 Å². The highest BCUT2D eigenvalue weighted by Gasteiger charge is 2.28. The van der Waals surface area contributed by atoms with E-state index in [9.17, 15) is 9.59 Å². The Labute approximate surface area is 94.2 Å². The van der Waals surface area contributed by atoms with Crippen LogP contribution in [-0.2, 0) is 14.3 Å². The van der Waals surface area contributed by atoms with E-state index in [0.29, 0.717) is 13.2 Å². The molecule has 1 aliphatic rings. The van der Waals surface area contributed by atoms with E-state index in [0.717, 1.165) is 0 Å². The lowest BCUT2D eigenvalue weighted by molar-refractivity contribution is -0.125. The van der Waals surface area contributed by atoms with Crippen LogP contribution in [0.25, 0.3) is 0 Å². The first-order chi connectivity index (χ1) is 7.67. The van der Waals surface area contributed by atoms with Crippen LogP contribution in [0, 0.1) is 0 Å². The number of ether oxygens (including phenoxy) is 2. The molecule has 2 amide bonds. The summed E-state index contributed by atoms with van der Waals surface area (Å²) < 4.78 is 9.78. The Morgan fingerprint density at radius 1 is 1.75 bits per heavy atom. The maximum absolute atomic E-state index is 11.5. The molecule has 1 aliphatic heterocycles. The number of amides is 2. The standard InChI is InChI=1S/C10H16N2O4/c1-3-4-16-10(14)12-5-8(7-15-2)11-9(13)6-12/h3,8H,1,4-7H2,2H3,(H,11,13)/t8-/m0/s1. The van der Waals surface area contributed by atoms with Crippen molar-refractivity contribution >= 4 is 12.0 Å². The second-order valence-electron chi connectivity index (χ2n) is 3.47. The van der Waals surface area contributed by atoms with E-state index in [1.54, 1.807) is 7.11 Å². The Bertz CT molecular complexity index is 280. The fourth-order valence-corrected chi connectivity index (χ4v) is 1.48. The summed E-state index contributed by atoms with van der Waals surface area (Å²) in [6.45, 7) is 4.38. The largest absolute Gasteiger partial charge is 0.445 e. The first kappa shape index (κ1) is 12.5. The topological polar surface area (TPSA) is 67.9 Å². The zero-order chi connectivity index (χ0) is 12.0. The average molecular weight is 228 g/mol. The molecule has 1 N–H and O–H groups in total. The van der Waals surface area contributed by atoms with Crippen molar-refractivity contribution in [3.63, 3.8) is 0 Å². The van der Waals surface area contributed by atoms with E-state index in [1.165, 1.54) is 11.0 Å². The second-order valence-corrected chi connectivity index (χ2v) is 3.47. The predicted octanol–water partition coefficient (Wildman–Crippen LogP) is -0.244. The van der Waals surface area contributed by atoms with Crippen LogP contribution in [0.4, 0.5) is 4.79 Å². The van der Waals surface area contributed by atoms with Gasteiger partial charge in [0.1, 0.15) is 13.2 Å². The lowest BCUT2D eigenvalue weighted by Crippen LogP contribution is -2.57. The Morgan fingerprint density at radius 3 is 3.12 bits per heavy atom. The zero-order valence-electron chi connectivity index (χ0n) is 9.27. The van der Waals surface area contributed by atoms with Crippen LogP contribution in [0.5, 0.6) is 0 Å². The molecule has 1 rings (SSSR count). The first-order valence-electron chi connectivity index (χ1n) is 4.98. The Balaban J connectivity index is 2.49. The van der Waals surface area contributed by atoms with E-state index >= 15 is 0 Å². The summed E-state index contributed by atoms with van der Waals surface area (Å²) in [6, 6.07) is -0.178. The van der Waals surface area contributed by atoms with Crippen molar-refractivity contribution in [2.75, 3.05) is 33.4 Å². The average Bonchev–Trinajstić information content (AvgIpc) is 2.25. The van der Waals surface area contributed by atoms with Gasteiger partial charge in [-0.3, -0.25) is 9.69 Å². The number of hydrogen-bond donors (Lipinski definition) is 1. The van der Waals surface area contributed by atoms with E-state index in [2.05, 4.69) is 11.9 Å². The second kappa shape index (κ2) is 6.12. The number of methoxy groups -OCH3 is 1. The van der Waals surface area contributed by atoms with Crippen molar-refractivity contribution in [2.24, 2.45) is 0 Å². The van der Waals surface area contributed by atoms with Gasteiger partial charge in [0, 0.05) is 13.7 Å². The Hall–Kier alpha value is -1.56. The van der Waals surface area contributed by atoms with Crippen molar-refractivity contribution < 1.29 is 19.1 Å². The molecular weight excluding hydrogens is 212 g/mol. The highest BCUT2D eigenvalue weighted by Crippen LogP contribution is 2.03. The van der Waals surface area contributed by atoms with Gasteiger partial charge >= 0.3 is 6.09 Å². The van der Waals surface area contributed by atoms with Crippen molar-refractivity contribution in [2.45, 2.75) is 6.04 Å². The molecule has 1 saturated heterocycles. The number of rotatable bonds is 4.